The molecule has 1 aliphatic heterocycles. The second-order valence-electron chi connectivity index (χ2n) is 7.06. The number of ether oxygens (including phenoxy) is 2. The number of rotatable bonds is 5. The van der Waals surface area contributed by atoms with Crippen LogP contribution in [0.2, 0.25) is 0 Å². The van der Waals surface area contributed by atoms with E-state index < -0.39 is 5.54 Å². The van der Waals surface area contributed by atoms with Gasteiger partial charge in [-0.3, -0.25) is 0 Å². The molecule has 0 saturated carbocycles. The van der Waals surface area contributed by atoms with Gasteiger partial charge < -0.3 is 19.5 Å². The molecule has 0 unspecified atom stereocenters. The molecule has 4 nitrogen and oxygen atoms in total. The predicted octanol–water partition coefficient (Wildman–Crippen LogP) is 4.23. The standard InChI is InChI=1S/C25H23NO3/c1-28-22-13-11-20(12-14-22)15-16-25(18-29-19-25)26(17-21-7-3-2-4-8-21)23-9-5-6-10-24(23)27/h2-14,27H,17-19H2,1H3. The van der Waals surface area contributed by atoms with Crippen molar-refractivity contribution in [1.82, 2.24) is 0 Å². The van der Waals surface area contributed by atoms with Crippen LogP contribution in [-0.2, 0) is 11.3 Å². The van der Waals surface area contributed by atoms with Crippen LogP contribution < -0.4 is 9.64 Å². The molecule has 1 heterocycles. The van der Waals surface area contributed by atoms with Gasteiger partial charge >= 0.3 is 0 Å². The number of methoxy groups -OCH3 is 1. The summed E-state index contributed by atoms with van der Waals surface area (Å²) in [6.07, 6.45) is 0. The third-order valence-corrected chi connectivity index (χ3v) is 5.08. The van der Waals surface area contributed by atoms with Crippen molar-refractivity contribution in [3.63, 3.8) is 0 Å². The van der Waals surface area contributed by atoms with E-state index >= 15 is 0 Å². The fourth-order valence-electron chi connectivity index (χ4n) is 3.38. The summed E-state index contributed by atoms with van der Waals surface area (Å²) in [5.41, 5.74) is 2.31. The Morgan fingerprint density at radius 1 is 0.966 bits per heavy atom. The first kappa shape index (κ1) is 18.9. The second kappa shape index (κ2) is 8.30. The number of anilines is 1. The highest BCUT2D eigenvalue weighted by Crippen LogP contribution is 2.37. The summed E-state index contributed by atoms with van der Waals surface area (Å²) >= 11 is 0. The quantitative estimate of drug-likeness (QED) is 0.668. The van der Waals surface area contributed by atoms with E-state index in [1.54, 1.807) is 13.2 Å². The highest BCUT2D eigenvalue weighted by molar-refractivity contribution is 5.62. The van der Waals surface area contributed by atoms with Crippen LogP contribution in [0.4, 0.5) is 5.69 Å². The Balaban J connectivity index is 1.71. The Kier molecular flexibility index (Phi) is 5.41. The summed E-state index contributed by atoms with van der Waals surface area (Å²) in [5, 5.41) is 10.5. The zero-order valence-corrected chi connectivity index (χ0v) is 16.3. The van der Waals surface area contributed by atoms with Gasteiger partial charge in [-0.15, -0.1) is 0 Å². The molecule has 1 N–H and O–H groups in total. The van der Waals surface area contributed by atoms with Crippen LogP contribution in [0, 0.1) is 11.8 Å². The first-order chi connectivity index (χ1) is 14.2. The van der Waals surface area contributed by atoms with E-state index in [1.807, 2.05) is 60.7 Å². The van der Waals surface area contributed by atoms with Crippen LogP contribution in [0.5, 0.6) is 11.5 Å². The lowest BCUT2D eigenvalue weighted by Gasteiger charge is -2.47. The van der Waals surface area contributed by atoms with Crippen molar-refractivity contribution in [2.75, 3.05) is 25.2 Å². The van der Waals surface area contributed by atoms with Crippen molar-refractivity contribution in [3.8, 4) is 23.3 Å². The normalized spacial score (nSPS) is 14.2. The van der Waals surface area contributed by atoms with E-state index in [2.05, 4.69) is 28.9 Å². The molecule has 0 spiro atoms. The zero-order chi connectivity index (χ0) is 20.1. The third-order valence-electron chi connectivity index (χ3n) is 5.08. The molecule has 29 heavy (non-hydrogen) atoms. The Bertz CT molecular complexity index is 1020. The van der Waals surface area contributed by atoms with Crippen molar-refractivity contribution in [2.24, 2.45) is 0 Å². The minimum absolute atomic E-state index is 0.237. The largest absolute Gasteiger partial charge is 0.506 e. The predicted molar refractivity (Wildman–Crippen MR) is 114 cm³/mol. The minimum Gasteiger partial charge on any atom is -0.506 e. The van der Waals surface area contributed by atoms with E-state index in [0.717, 1.165) is 22.6 Å². The van der Waals surface area contributed by atoms with Crippen LogP contribution in [-0.4, -0.2) is 31.0 Å². The molecule has 4 rings (SSSR count). The molecule has 0 aliphatic carbocycles. The summed E-state index contributed by atoms with van der Waals surface area (Å²) in [4.78, 5) is 2.15. The lowest BCUT2D eigenvalue weighted by molar-refractivity contribution is -0.0282. The summed E-state index contributed by atoms with van der Waals surface area (Å²) in [6, 6.07) is 25.3. The van der Waals surface area contributed by atoms with Crippen LogP contribution in [0.1, 0.15) is 11.1 Å². The zero-order valence-electron chi connectivity index (χ0n) is 16.3. The van der Waals surface area contributed by atoms with Crippen molar-refractivity contribution in [1.29, 1.82) is 0 Å². The molecule has 4 heteroatoms. The number of phenols is 1. The number of hydrogen-bond donors (Lipinski definition) is 1. The van der Waals surface area contributed by atoms with E-state index in [0.29, 0.717) is 19.8 Å². The van der Waals surface area contributed by atoms with Crippen LogP contribution in [0.3, 0.4) is 0 Å². The third kappa shape index (κ3) is 4.06. The van der Waals surface area contributed by atoms with Gasteiger partial charge in [0.15, 0.2) is 0 Å². The van der Waals surface area contributed by atoms with Gasteiger partial charge in [0.2, 0.25) is 0 Å². The SMILES string of the molecule is COc1ccc(C#CC2(N(Cc3ccccc3)c3ccccc3O)COC2)cc1. The smallest absolute Gasteiger partial charge is 0.149 e. The Morgan fingerprint density at radius 3 is 2.28 bits per heavy atom. The average molecular weight is 385 g/mol. The molecule has 1 fully saturated rings. The molecular weight excluding hydrogens is 362 g/mol. The summed E-state index contributed by atoms with van der Waals surface area (Å²) in [7, 11) is 1.65. The summed E-state index contributed by atoms with van der Waals surface area (Å²) < 4.78 is 10.8. The van der Waals surface area contributed by atoms with E-state index in [-0.39, 0.29) is 5.75 Å². The lowest BCUT2D eigenvalue weighted by Crippen LogP contribution is -2.61. The number of nitrogens with zero attached hydrogens (tertiary/aromatic N) is 1. The number of para-hydroxylation sites is 2. The first-order valence-electron chi connectivity index (χ1n) is 9.55. The molecule has 0 amide bonds. The monoisotopic (exact) mass is 385 g/mol. The number of phenolic OH excluding ortho intramolecular Hbond substituents is 1. The van der Waals surface area contributed by atoms with Crippen molar-refractivity contribution in [3.05, 3.63) is 90.0 Å². The van der Waals surface area contributed by atoms with Gasteiger partial charge in [0.1, 0.15) is 17.0 Å². The number of benzene rings is 3. The Hall–Kier alpha value is -3.42. The maximum absolute atomic E-state index is 10.5. The molecule has 3 aromatic rings. The minimum atomic E-state index is -0.505. The molecule has 0 aromatic heterocycles. The maximum atomic E-state index is 10.5. The molecule has 1 aliphatic rings. The molecule has 146 valence electrons. The molecular formula is C25H23NO3. The second-order valence-corrected chi connectivity index (χ2v) is 7.06. The van der Waals surface area contributed by atoms with Gasteiger partial charge in [0.25, 0.3) is 0 Å². The van der Waals surface area contributed by atoms with E-state index in [4.69, 9.17) is 9.47 Å². The fraction of sp³-hybridized carbons (Fsp3) is 0.200. The van der Waals surface area contributed by atoms with Gasteiger partial charge in [-0.1, -0.05) is 54.3 Å². The summed E-state index contributed by atoms with van der Waals surface area (Å²) in [5.74, 6) is 7.76. The molecule has 0 bridgehead atoms. The fourth-order valence-corrected chi connectivity index (χ4v) is 3.38. The van der Waals surface area contributed by atoms with E-state index in [1.165, 1.54) is 0 Å². The number of aromatic hydroxyl groups is 1. The van der Waals surface area contributed by atoms with Crippen LogP contribution >= 0.6 is 0 Å². The molecule has 0 radical (unpaired) electrons. The van der Waals surface area contributed by atoms with Gasteiger partial charge in [-0.25, -0.2) is 0 Å². The maximum Gasteiger partial charge on any atom is 0.149 e. The van der Waals surface area contributed by atoms with Crippen molar-refractivity contribution >= 4 is 5.69 Å². The Morgan fingerprint density at radius 2 is 1.66 bits per heavy atom. The van der Waals surface area contributed by atoms with Gasteiger partial charge in [-0.05, 0) is 42.0 Å². The van der Waals surface area contributed by atoms with Crippen molar-refractivity contribution < 1.29 is 14.6 Å². The molecule has 0 atom stereocenters. The van der Waals surface area contributed by atoms with E-state index in [9.17, 15) is 5.11 Å². The highest BCUT2D eigenvalue weighted by atomic mass is 16.5. The molecule has 3 aromatic carbocycles. The summed E-state index contributed by atoms with van der Waals surface area (Å²) in [6.45, 7) is 1.59. The van der Waals surface area contributed by atoms with Crippen LogP contribution in [0.25, 0.3) is 0 Å². The molecule has 1 saturated heterocycles. The Labute approximate surface area is 171 Å². The number of hydrogen-bond acceptors (Lipinski definition) is 4. The van der Waals surface area contributed by atoms with Gasteiger partial charge in [0.05, 0.1) is 26.0 Å². The lowest BCUT2D eigenvalue weighted by atomic mass is 9.93. The first-order valence-corrected chi connectivity index (χ1v) is 9.55. The average Bonchev–Trinajstić information content (AvgIpc) is 2.74. The topological polar surface area (TPSA) is 41.9 Å². The van der Waals surface area contributed by atoms with Gasteiger partial charge in [-0.2, -0.15) is 0 Å². The van der Waals surface area contributed by atoms with Crippen molar-refractivity contribution in [2.45, 2.75) is 12.1 Å². The van der Waals surface area contributed by atoms with Gasteiger partial charge in [0, 0.05) is 12.1 Å². The van der Waals surface area contributed by atoms with Crippen LogP contribution in [0.15, 0.2) is 78.9 Å². The highest BCUT2D eigenvalue weighted by Gasteiger charge is 2.44.